The van der Waals surface area contributed by atoms with Gasteiger partial charge in [0.05, 0.1) is 4.47 Å². The molecule has 0 aliphatic carbocycles. The zero-order chi connectivity index (χ0) is 17.1. The molecular formula is C16H15BrN4O3. The van der Waals surface area contributed by atoms with Crippen molar-refractivity contribution in [3.05, 3.63) is 47.2 Å². The van der Waals surface area contributed by atoms with E-state index in [4.69, 9.17) is 9.26 Å². The average molecular weight is 391 g/mol. The number of ether oxygens (including phenoxy) is 1. The third kappa shape index (κ3) is 3.48. The van der Waals surface area contributed by atoms with Gasteiger partial charge in [-0.15, -0.1) is 0 Å². The SMILES string of the molecule is CC(Oc1ccccc1Br)C(=O)Nc1cc(-c2nccn2C)no1. The number of carbonyl (C=O) groups excluding carboxylic acids is 1. The van der Waals surface area contributed by atoms with Crippen LogP contribution < -0.4 is 10.1 Å². The third-order valence-electron chi connectivity index (χ3n) is 3.32. The van der Waals surface area contributed by atoms with Gasteiger partial charge in [-0.3, -0.25) is 10.1 Å². The fraction of sp³-hybridized carbons (Fsp3) is 0.188. The molecule has 0 aliphatic rings. The summed E-state index contributed by atoms with van der Waals surface area (Å²) in [5.41, 5.74) is 0.539. The lowest BCUT2D eigenvalue weighted by atomic mass is 10.3. The number of nitrogens with one attached hydrogen (secondary N) is 1. The summed E-state index contributed by atoms with van der Waals surface area (Å²) in [4.78, 5) is 16.4. The number of halogens is 1. The summed E-state index contributed by atoms with van der Waals surface area (Å²) in [5.74, 6) is 1.14. The predicted octanol–water partition coefficient (Wildman–Crippen LogP) is 3.24. The molecule has 2 heterocycles. The van der Waals surface area contributed by atoms with Gasteiger partial charge < -0.3 is 13.8 Å². The lowest BCUT2D eigenvalue weighted by Crippen LogP contribution is -2.30. The minimum atomic E-state index is -0.703. The minimum absolute atomic E-state index is 0.237. The summed E-state index contributed by atoms with van der Waals surface area (Å²) < 4.78 is 13.4. The first-order chi connectivity index (χ1) is 11.5. The van der Waals surface area contributed by atoms with Crippen LogP contribution in [0, 0.1) is 0 Å². The van der Waals surface area contributed by atoms with Crippen LogP contribution in [-0.4, -0.2) is 26.7 Å². The second kappa shape index (κ2) is 6.88. The van der Waals surface area contributed by atoms with E-state index in [0.717, 1.165) is 4.47 Å². The molecule has 8 heteroatoms. The molecule has 0 saturated heterocycles. The van der Waals surface area contributed by atoms with E-state index in [2.05, 4.69) is 31.4 Å². The van der Waals surface area contributed by atoms with E-state index in [9.17, 15) is 4.79 Å². The molecule has 1 aromatic carbocycles. The molecule has 3 aromatic rings. The number of aromatic nitrogens is 3. The van der Waals surface area contributed by atoms with E-state index >= 15 is 0 Å². The number of imidazole rings is 1. The summed E-state index contributed by atoms with van der Waals surface area (Å²) in [6.45, 7) is 1.66. The highest BCUT2D eigenvalue weighted by Crippen LogP contribution is 2.25. The zero-order valence-corrected chi connectivity index (χ0v) is 14.6. The molecule has 3 rings (SSSR count). The van der Waals surface area contributed by atoms with Crippen LogP contribution in [0.1, 0.15) is 6.92 Å². The number of para-hydroxylation sites is 1. The Hall–Kier alpha value is -2.61. The minimum Gasteiger partial charge on any atom is -0.480 e. The fourth-order valence-corrected chi connectivity index (χ4v) is 2.44. The van der Waals surface area contributed by atoms with Crippen molar-refractivity contribution in [3.8, 4) is 17.3 Å². The van der Waals surface area contributed by atoms with Gasteiger partial charge in [-0.25, -0.2) is 4.98 Å². The molecule has 0 saturated carbocycles. The van der Waals surface area contributed by atoms with Gasteiger partial charge >= 0.3 is 0 Å². The number of anilines is 1. The van der Waals surface area contributed by atoms with Crippen molar-refractivity contribution in [1.82, 2.24) is 14.7 Å². The van der Waals surface area contributed by atoms with E-state index in [1.54, 1.807) is 31.5 Å². The molecule has 0 aliphatic heterocycles. The monoisotopic (exact) mass is 390 g/mol. The maximum absolute atomic E-state index is 12.2. The number of carbonyl (C=O) groups is 1. The Morgan fingerprint density at radius 3 is 2.92 bits per heavy atom. The lowest BCUT2D eigenvalue weighted by Gasteiger charge is -2.14. The Bertz CT molecular complexity index is 858. The molecule has 1 N–H and O–H groups in total. The molecule has 0 bridgehead atoms. The Balaban J connectivity index is 1.66. The predicted molar refractivity (Wildman–Crippen MR) is 91.6 cm³/mol. The zero-order valence-electron chi connectivity index (χ0n) is 13.1. The Labute approximate surface area is 146 Å². The van der Waals surface area contributed by atoms with Gasteiger partial charge in [-0.05, 0) is 35.0 Å². The fourth-order valence-electron chi connectivity index (χ4n) is 2.06. The van der Waals surface area contributed by atoms with Crippen LogP contribution in [-0.2, 0) is 11.8 Å². The standard InChI is InChI=1S/C16H15BrN4O3/c1-10(23-13-6-4-3-5-11(13)17)16(22)19-14-9-12(20-24-14)15-18-7-8-21(15)2/h3-10H,1-2H3,(H,19,22). The molecule has 1 unspecified atom stereocenters. The molecule has 0 radical (unpaired) electrons. The van der Waals surface area contributed by atoms with Crippen molar-refractivity contribution in [2.45, 2.75) is 13.0 Å². The number of hydrogen-bond donors (Lipinski definition) is 1. The van der Waals surface area contributed by atoms with Crippen molar-refractivity contribution < 1.29 is 14.1 Å². The number of amides is 1. The largest absolute Gasteiger partial charge is 0.480 e. The summed E-state index contributed by atoms with van der Waals surface area (Å²) >= 11 is 3.38. The normalized spacial score (nSPS) is 12.0. The first kappa shape index (κ1) is 16.3. The highest BCUT2D eigenvalue weighted by molar-refractivity contribution is 9.10. The van der Waals surface area contributed by atoms with Crippen LogP contribution in [0.15, 0.2) is 51.7 Å². The molecule has 2 aromatic heterocycles. The molecule has 0 fully saturated rings. The summed E-state index contributed by atoms with van der Waals surface area (Å²) in [7, 11) is 1.85. The van der Waals surface area contributed by atoms with E-state index < -0.39 is 6.10 Å². The highest BCUT2D eigenvalue weighted by atomic mass is 79.9. The smallest absolute Gasteiger partial charge is 0.267 e. The Morgan fingerprint density at radius 1 is 1.42 bits per heavy atom. The van der Waals surface area contributed by atoms with Crippen molar-refractivity contribution in [2.24, 2.45) is 7.05 Å². The van der Waals surface area contributed by atoms with Crippen molar-refractivity contribution in [1.29, 1.82) is 0 Å². The second-order valence-electron chi connectivity index (χ2n) is 5.12. The van der Waals surface area contributed by atoms with Crippen LogP contribution >= 0.6 is 15.9 Å². The van der Waals surface area contributed by atoms with E-state index in [0.29, 0.717) is 17.3 Å². The number of rotatable bonds is 5. The molecule has 0 spiro atoms. The van der Waals surface area contributed by atoms with Crippen molar-refractivity contribution >= 4 is 27.7 Å². The van der Waals surface area contributed by atoms with Gasteiger partial charge in [0.1, 0.15) is 5.75 Å². The van der Waals surface area contributed by atoms with Gasteiger partial charge in [-0.1, -0.05) is 17.3 Å². The highest BCUT2D eigenvalue weighted by Gasteiger charge is 2.19. The average Bonchev–Trinajstić information content (AvgIpc) is 3.18. The van der Waals surface area contributed by atoms with E-state index in [1.807, 2.05) is 29.8 Å². The van der Waals surface area contributed by atoms with Crippen LogP contribution in [0.25, 0.3) is 11.5 Å². The summed E-state index contributed by atoms with van der Waals surface area (Å²) in [6, 6.07) is 8.94. The summed E-state index contributed by atoms with van der Waals surface area (Å²) in [5, 5.41) is 6.55. The van der Waals surface area contributed by atoms with Crippen molar-refractivity contribution in [3.63, 3.8) is 0 Å². The first-order valence-electron chi connectivity index (χ1n) is 7.21. The third-order valence-corrected chi connectivity index (χ3v) is 3.97. The second-order valence-corrected chi connectivity index (χ2v) is 5.97. The Morgan fingerprint density at radius 2 is 2.21 bits per heavy atom. The van der Waals surface area contributed by atoms with Crippen LogP contribution in [0.4, 0.5) is 5.88 Å². The van der Waals surface area contributed by atoms with Crippen LogP contribution in [0.5, 0.6) is 5.75 Å². The van der Waals surface area contributed by atoms with Gasteiger partial charge in [0, 0.05) is 25.5 Å². The number of benzene rings is 1. The first-order valence-corrected chi connectivity index (χ1v) is 8.00. The number of hydrogen-bond acceptors (Lipinski definition) is 5. The van der Waals surface area contributed by atoms with Gasteiger partial charge in [0.2, 0.25) is 5.88 Å². The lowest BCUT2D eigenvalue weighted by molar-refractivity contribution is -0.122. The molecule has 7 nitrogen and oxygen atoms in total. The molecule has 1 amide bonds. The quantitative estimate of drug-likeness (QED) is 0.722. The van der Waals surface area contributed by atoms with E-state index in [-0.39, 0.29) is 11.8 Å². The van der Waals surface area contributed by atoms with Gasteiger partial charge in [-0.2, -0.15) is 0 Å². The van der Waals surface area contributed by atoms with Crippen LogP contribution in [0.3, 0.4) is 0 Å². The maximum atomic E-state index is 12.2. The van der Waals surface area contributed by atoms with Crippen molar-refractivity contribution in [2.75, 3.05) is 5.32 Å². The maximum Gasteiger partial charge on any atom is 0.267 e. The summed E-state index contributed by atoms with van der Waals surface area (Å²) in [6.07, 6.45) is 2.76. The van der Waals surface area contributed by atoms with Gasteiger partial charge in [0.15, 0.2) is 17.6 Å². The van der Waals surface area contributed by atoms with E-state index in [1.165, 1.54) is 0 Å². The number of nitrogens with zero attached hydrogens (tertiary/aromatic N) is 3. The van der Waals surface area contributed by atoms with Gasteiger partial charge in [0.25, 0.3) is 5.91 Å². The topological polar surface area (TPSA) is 82.2 Å². The molecule has 124 valence electrons. The molecule has 1 atom stereocenters. The molecular weight excluding hydrogens is 376 g/mol. The molecule has 24 heavy (non-hydrogen) atoms. The number of aryl methyl sites for hydroxylation is 1. The Kier molecular flexibility index (Phi) is 4.66. The van der Waals surface area contributed by atoms with Crippen LogP contribution in [0.2, 0.25) is 0 Å².